The molecular weight excluding hydrogens is 396 g/mol. The van der Waals surface area contributed by atoms with Gasteiger partial charge in [-0.2, -0.15) is 10.5 Å². The molecule has 2 aliphatic rings. The molecule has 4 nitrogen and oxygen atoms in total. The van der Waals surface area contributed by atoms with E-state index in [1.54, 1.807) is 0 Å². The van der Waals surface area contributed by atoms with E-state index in [1.165, 1.54) is 5.56 Å². The topological polar surface area (TPSA) is 73.9 Å². The zero-order chi connectivity index (χ0) is 22.9. The van der Waals surface area contributed by atoms with Crippen molar-refractivity contribution >= 4 is 5.97 Å². The van der Waals surface area contributed by atoms with Crippen LogP contribution in [-0.2, 0) is 14.9 Å². The highest BCUT2D eigenvalue weighted by Crippen LogP contribution is 2.65. The zero-order valence-corrected chi connectivity index (χ0v) is 19.0. The molecule has 0 radical (unpaired) electrons. The van der Waals surface area contributed by atoms with Crippen molar-refractivity contribution in [2.45, 2.75) is 57.5 Å². The fourth-order valence-corrected chi connectivity index (χ4v) is 5.72. The van der Waals surface area contributed by atoms with Gasteiger partial charge in [0, 0.05) is 11.8 Å². The molecule has 0 aliphatic heterocycles. The predicted octanol–water partition coefficient (Wildman–Crippen LogP) is 5.76. The van der Waals surface area contributed by atoms with Crippen molar-refractivity contribution in [1.82, 2.24) is 0 Å². The second-order valence-corrected chi connectivity index (χ2v) is 10.0. The third-order valence-corrected chi connectivity index (χ3v) is 7.75. The molecule has 0 aromatic heterocycles. The van der Waals surface area contributed by atoms with Gasteiger partial charge in [-0.1, -0.05) is 87.9 Å². The minimum absolute atomic E-state index is 0.156. The molecule has 164 valence electrons. The molecule has 2 saturated carbocycles. The molecule has 2 fully saturated rings. The van der Waals surface area contributed by atoms with Gasteiger partial charge in [0.1, 0.15) is 6.10 Å². The number of benzene rings is 2. The average Bonchev–Trinajstić information content (AvgIpc) is 3.50. The van der Waals surface area contributed by atoms with Crippen LogP contribution in [0, 0.1) is 45.8 Å². The Morgan fingerprint density at radius 1 is 1.00 bits per heavy atom. The summed E-state index contributed by atoms with van der Waals surface area (Å²) >= 11 is 0. The maximum Gasteiger partial charge on any atom is 0.312 e. The normalized spacial score (nSPS) is 28.7. The van der Waals surface area contributed by atoms with E-state index < -0.39 is 23.2 Å². The van der Waals surface area contributed by atoms with Crippen molar-refractivity contribution < 1.29 is 9.53 Å². The van der Waals surface area contributed by atoms with Crippen LogP contribution in [0.15, 0.2) is 60.7 Å². The maximum absolute atomic E-state index is 13.4. The molecular formula is C28H30N2O2. The van der Waals surface area contributed by atoms with Gasteiger partial charge >= 0.3 is 5.97 Å². The van der Waals surface area contributed by atoms with E-state index in [2.05, 4.69) is 45.0 Å². The van der Waals surface area contributed by atoms with Crippen LogP contribution < -0.4 is 0 Å². The molecule has 4 rings (SSSR count). The predicted molar refractivity (Wildman–Crippen MR) is 122 cm³/mol. The van der Waals surface area contributed by atoms with Crippen LogP contribution in [-0.4, -0.2) is 12.1 Å². The highest BCUT2D eigenvalue weighted by Gasteiger charge is 2.72. The number of ether oxygens (including phenoxy) is 1. The Labute approximate surface area is 190 Å². The summed E-state index contributed by atoms with van der Waals surface area (Å²) in [6, 6.07) is 24.0. The first-order valence-electron chi connectivity index (χ1n) is 11.5. The van der Waals surface area contributed by atoms with Crippen LogP contribution in [0.1, 0.15) is 57.1 Å². The van der Waals surface area contributed by atoms with Crippen LogP contribution in [0.3, 0.4) is 0 Å². The molecule has 2 aromatic rings. The Kier molecular flexibility index (Phi) is 5.83. The molecule has 0 heterocycles. The number of carbonyl (C=O) groups is 1. The van der Waals surface area contributed by atoms with Gasteiger partial charge < -0.3 is 4.74 Å². The second kappa shape index (κ2) is 8.44. The number of nitrogens with zero attached hydrogens (tertiary/aromatic N) is 2. The van der Waals surface area contributed by atoms with E-state index in [0.29, 0.717) is 5.92 Å². The Morgan fingerprint density at radius 2 is 1.59 bits per heavy atom. The Balaban J connectivity index is 1.59. The molecule has 0 saturated heterocycles. The van der Waals surface area contributed by atoms with Crippen LogP contribution in [0.5, 0.6) is 0 Å². The van der Waals surface area contributed by atoms with Gasteiger partial charge in [0.2, 0.25) is 0 Å². The highest BCUT2D eigenvalue weighted by atomic mass is 16.5. The van der Waals surface area contributed by atoms with E-state index in [0.717, 1.165) is 24.8 Å². The van der Waals surface area contributed by atoms with Crippen molar-refractivity contribution in [2.24, 2.45) is 23.2 Å². The lowest BCUT2D eigenvalue weighted by molar-refractivity contribution is -0.158. The molecule has 2 aliphatic carbocycles. The first-order chi connectivity index (χ1) is 15.3. The first kappa shape index (κ1) is 22.1. The lowest BCUT2D eigenvalue weighted by atomic mass is 9.64. The number of rotatable bonds is 5. The summed E-state index contributed by atoms with van der Waals surface area (Å²) in [7, 11) is 0. The monoisotopic (exact) mass is 426 g/mol. The molecule has 5 atom stereocenters. The van der Waals surface area contributed by atoms with Gasteiger partial charge in [0.25, 0.3) is 0 Å². The quantitative estimate of drug-likeness (QED) is 0.570. The van der Waals surface area contributed by atoms with Crippen molar-refractivity contribution in [3.05, 3.63) is 71.8 Å². The Hall–Kier alpha value is -3.11. The van der Waals surface area contributed by atoms with E-state index in [1.807, 2.05) is 48.5 Å². The third-order valence-electron chi connectivity index (χ3n) is 7.75. The molecule has 0 N–H and O–H groups in total. The average molecular weight is 427 g/mol. The smallest absolute Gasteiger partial charge is 0.312 e. The summed E-state index contributed by atoms with van der Waals surface area (Å²) in [6.45, 7) is 6.65. The molecule has 2 aromatic carbocycles. The first-order valence-corrected chi connectivity index (χ1v) is 11.5. The van der Waals surface area contributed by atoms with Crippen LogP contribution >= 0.6 is 0 Å². The van der Waals surface area contributed by atoms with Gasteiger partial charge in [-0.3, -0.25) is 4.79 Å². The number of nitriles is 2. The van der Waals surface area contributed by atoms with Crippen LogP contribution in [0.4, 0.5) is 0 Å². The van der Waals surface area contributed by atoms with Crippen molar-refractivity contribution in [1.29, 1.82) is 10.5 Å². The fourth-order valence-electron chi connectivity index (χ4n) is 5.72. The standard InChI is InChI=1S/C28H30N2O2/c1-19-14-15-22(27(2,3)21-12-8-5-9-13-21)23(16-19)32-26(31)25-24(28(25,17-29)18-30)20-10-6-4-7-11-20/h4-13,19,22-25H,14-16H2,1-3H3/t19-,22-,23-,24-,25+/m1/s1. The van der Waals surface area contributed by atoms with E-state index in [4.69, 9.17) is 4.74 Å². The summed E-state index contributed by atoms with van der Waals surface area (Å²) in [4.78, 5) is 13.4. The summed E-state index contributed by atoms with van der Waals surface area (Å²) in [5.41, 5.74) is 0.577. The number of esters is 1. The largest absolute Gasteiger partial charge is 0.462 e. The second-order valence-electron chi connectivity index (χ2n) is 10.0. The van der Waals surface area contributed by atoms with E-state index >= 15 is 0 Å². The van der Waals surface area contributed by atoms with Gasteiger partial charge in [0.15, 0.2) is 5.41 Å². The minimum Gasteiger partial charge on any atom is -0.462 e. The number of hydrogen-bond acceptors (Lipinski definition) is 4. The zero-order valence-electron chi connectivity index (χ0n) is 19.0. The lowest BCUT2D eigenvalue weighted by Gasteiger charge is -2.44. The van der Waals surface area contributed by atoms with Crippen molar-refractivity contribution in [3.63, 3.8) is 0 Å². The highest BCUT2D eigenvalue weighted by molar-refractivity contribution is 5.82. The minimum atomic E-state index is -1.34. The molecule has 0 spiro atoms. The lowest BCUT2D eigenvalue weighted by Crippen LogP contribution is -2.43. The van der Waals surface area contributed by atoms with Crippen molar-refractivity contribution in [2.75, 3.05) is 0 Å². The van der Waals surface area contributed by atoms with Gasteiger partial charge in [0.05, 0.1) is 18.1 Å². The van der Waals surface area contributed by atoms with Gasteiger partial charge in [-0.15, -0.1) is 0 Å². The number of carbonyl (C=O) groups excluding carboxylic acids is 1. The SMILES string of the molecule is C[C@@H]1CC[C@@H](C(C)(C)c2ccccc2)[C@H](OC(=O)[C@@H]2[C@@H](c3ccccc3)C2(C#N)C#N)C1. The summed E-state index contributed by atoms with van der Waals surface area (Å²) in [5.74, 6) is -0.936. The fraction of sp³-hybridized carbons (Fsp3) is 0.464. The summed E-state index contributed by atoms with van der Waals surface area (Å²) in [6.07, 6.45) is 2.66. The Bertz CT molecular complexity index is 1030. The third kappa shape index (κ3) is 3.69. The molecule has 0 bridgehead atoms. The van der Waals surface area contributed by atoms with Gasteiger partial charge in [-0.25, -0.2) is 0 Å². The van der Waals surface area contributed by atoms with Crippen LogP contribution in [0.2, 0.25) is 0 Å². The maximum atomic E-state index is 13.4. The summed E-state index contributed by atoms with van der Waals surface area (Å²) in [5, 5.41) is 19.6. The molecule has 4 heteroatoms. The van der Waals surface area contributed by atoms with Crippen LogP contribution in [0.25, 0.3) is 0 Å². The van der Waals surface area contributed by atoms with Gasteiger partial charge in [-0.05, 0) is 35.3 Å². The van der Waals surface area contributed by atoms with E-state index in [9.17, 15) is 15.3 Å². The Morgan fingerprint density at radius 3 is 2.19 bits per heavy atom. The molecule has 32 heavy (non-hydrogen) atoms. The molecule has 0 amide bonds. The van der Waals surface area contributed by atoms with E-state index in [-0.39, 0.29) is 17.4 Å². The summed E-state index contributed by atoms with van der Waals surface area (Å²) < 4.78 is 6.18. The van der Waals surface area contributed by atoms with Crippen molar-refractivity contribution in [3.8, 4) is 12.1 Å². The number of hydrogen-bond donors (Lipinski definition) is 0. The molecule has 0 unspecified atom stereocenters.